The van der Waals surface area contributed by atoms with E-state index < -0.39 is 12.5 Å². The lowest BCUT2D eigenvalue weighted by Gasteiger charge is -2.07. The summed E-state index contributed by atoms with van der Waals surface area (Å²) >= 11 is 0. The number of ether oxygens (including phenoxy) is 1. The quantitative estimate of drug-likeness (QED) is 0.696. The smallest absolute Gasteiger partial charge is 0.387 e. The number of anilines is 1. The second-order valence-electron chi connectivity index (χ2n) is 5.16. The van der Waals surface area contributed by atoms with Gasteiger partial charge in [0.2, 0.25) is 5.91 Å². The van der Waals surface area contributed by atoms with E-state index in [0.29, 0.717) is 11.3 Å². The highest BCUT2D eigenvalue weighted by atomic mass is 19.3. The first-order chi connectivity index (χ1) is 12.1. The summed E-state index contributed by atoms with van der Waals surface area (Å²) in [5.41, 5.74) is 1.76. The van der Waals surface area contributed by atoms with Gasteiger partial charge >= 0.3 is 6.61 Å². The summed E-state index contributed by atoms with van der Waals surface area (Å²) in [6, 6.07) is 15.6. The number of carbonyl (C=O) groups excluding carboxylic acids is 1. The Hall–Kier alpha value is -3.28. The van der Waals surface area contributed by atoms with Crippen LogP contribution in [0.2, 0.25) is 0 Å². The molecule has 0 unspecified atom stereocenters. The highest BCUT2D eigenvalue weighted by Gasteiger charge is 2.07. The molecule has 1 amide bonds. The van der Waals surface area contributed by atoms with E-state index in [9.17, 15) is 13.6 Å². The Morgan fingerprint density at radius 1 is 1.12 bits per heavy atom. The minimum Gasteiger partial charge on any atom is -0.434 e. The number of nitrogens with zero attached hydrogens (tertiary/aromatic N) is 1. The Kier molecular flexibility index (Phi) is 4.99. The van der Waals surface area contributed by atoms with E-state index in [4.69, 9.17) is 0 Å². The number of alkyl halides is 2. The van der Waals surface area contributed by atoms with E-state index in [-0.39, 0.29) is 5.75 Å². The van der Waals surface area contributed by atoms with Gasteiger partial charge in [0, 0.05) is 17.0 Å². The molecule has 2 aromatic carbocycles. The molecule has 0 aliphatic heterocycles. The number of carbonyl (C=O) groups is 1. The first kappa shape index (κ1) is 16.6. The lowest BCUT2D eigenvalue weighted by atomic mass is 10.2. The van der Waals surface area contributed by atoms with Crippen molar-refractivity contribution in [2.24, 2.45) is 0 Å². The summed E-state index contributed by atoms with van der Waals surface area (Å²) in [5.74, 6) is -0.391. The lowest BCUT2D eigenvalue weighted by Crippen LogP contribution is -2.08. The second kappa shape index (κ2) is 7.53. The second-order valence-corrected chi connectivity index (χ2v) is 5.16. The monoisotopic (exact) mass is 340 g/mol. The maximum Gasteiger partial charge on any atom is 0.387 e. The molecule has 126 valence electrons. The minimum absolute atomic E-state index is 0.00826. The van der Waals surface area contributed by atoms with Crippen LogP contribution in [0, 0.1) is 0 Å². The number of rotatable bonds is 5. The third-order valence-electron chi connectivity index (χ3n) is 3.41. The molecule has 0 aliphatic carbocycles. The molecule has 3 rings (SSSR count). The zero-order chi connectivity index (χ0) is 17.6. The topological polar surface area (TPSA) is 51.2 Å². The Bertz CT molecular complexity index is 926. The molecule has 0 fully saturated rings. The third kappa shape index (κ3) is 4.38. The van der Waals surface area contributed by atoms with Crippen LogP contribution in [0.4, 0.5) is 14.5 Å². The SMILES string of the molecule is O=C(/C=C/c1ccccc1OC(F)F)Nc1cnc2ccccc2c1. The van der Waals surface area contributed by atoms with Crippen LogP contribution in [0.25, 0.3) is 17.0 Å². The number of halogens is 2. The molecule has 0 aliphatic rings. The van der Waals surface area contributed by atoms with Gasteiger partial charge < -0.3 is 10.1 Å². The molecule has 0 saturated heterocycles. The van der Waals surface area contributed by atoms with Crippen molar-refractivity contribution in [3.05, 3.63) is 72.4 Å². The zero-order valence-corrected chi connectivity index (χ0v) is 13.0. The molecular weight excluding hydrogens is 326 g/mol. The van der Waals surface area contributed by atoms with Crippen LogP contribution >= 0.6 is 0 Å². The van der Waals surface area contributed by atoms with Crippen molar-refractivity contribution in [3.63, 3.8) is 0 Å². The molecule has 1 heterocycles. The number of hydrogen-bond donors (Lipinski definition) is 1. The molecule has 0 spiro atoms. The van der Waals surface area contributed by atoms with Gasteiger partial charge in [0.15, 0.2) is 0 Å². The predicted octanol–water partition coefficient (Wildman–Crippen LogP) is 4.49. The van der Waals surface area contributed by atoms with Crippen LogP contribution < -0.4 is 10.1 Å². The maximum atomic E-state index is 12.4. The molecule has 6 heteroatoms. The zero-order valence-electron chi connectivity index (χ0n) is 13.0. The van der Waals surface area contributed by atoms with Crippen molar-refractivity contribution < 1.29 is 18.3 Å². The van der Waals surface area contributed by atoms with Crippen molar-refractivity contribution in [2.75, 3.05) is 5.32 Å². The molecule has 25 heavy (non-hydrogen) atoms. The van der Waals surface area contributed by atoms with E-state index >= 15 is 0 Å². The van der Waals surface area contributed by atoms with Gasteiger partial charge in [0.05, 0.1) is 17.4 Å². The molecule has 0 atom stereocenters. The van der Waals surface area contributed by atoms with Crippen LogP contribution in [-0.4, -0.2) is 17.5 Å². The lowest BCUT2D eigenvalue weighted by molar-refractivity contribution is -0.111. The molecular formula is C19H14F2N2O2. The van der Waals surface area contributed by atoms with E-state index in [1.54, 1.807) is 24.4 Å². The maximum absolute atomic E-state index is 12.4. The third-order valence-corrected chi connectivity index (χ3v) is 3.41. The highest BCUT2D eigenvalue weighted by molar-refractivity contribution is 6.02. The van der Waals surface area contributed by atoms with Gasteiger partial charge in [0.1, 0.15) is 5.75 Å². The van der Waals surface area contributed by atoms with Crippen molar-refractivity contribution >= 4 is 28.6 Å². The van der Waals surface area contributed by atoms with Crippen molar-refractivity contribution in [1.82, 2.24) is 4.98 Å². The first-order valence-electron chi connectivity index (χ1n) is 7.49. The number of amides is 1. The van der Waals surface area contributed by atoms with Crippen LogP contribution in [0.15, 0.2) is 66.9 Å². The van der Waals surface area contributed by atoms with Crippen LogP contribution in [0.5, 0.6) is 5.75 Å². The van der Waals surface area contributed by atoms with E-state index in [2.05, 4.69) is 15.0 Å². The summed E-state index contributed by atoms with van der Waals surface area (Å²) in [5, 5.41) is 3.59. The summed E-state index contributed by atoms with van der Waals surface area (Å²) < 4.78 is 29.2. The fourth-order valence-corrected chi connectivity index (χ4v) is 2.31. The summed E-state index contributed by atoms with van der Waals surface area (Å²) in [7, 11) is 0. The number of fused-ring (bicyclic) bond motifs is 1. The number of para-hydroxylation sites is 2. The van der Waals surface area contributed by atoms with E-state index in [0.717, 1.165) is 10.9 Å². The molecule has 1 N–H and O–H groups in total. The molecule has 1 aromatic heterocycles. The first-order valence-corrected chi connectivity index (χ1v) is 7.49. The van der Waals surface area contributed by atoms with Gasteiger partial charge in [-0.25, -0.2) is 0 Å². The van der Waals surface area contributed by atoms with Crippen molar-refractivity contribution in [2.45, 2.75) is 6.61 Å². The Labute approximate surface area is 142 Å². The number of pyridine rings is 1. The number of nitrogens with one attached hydrogen (secondary N) is 1. The van der Waals surface area contributed by atoms with Crippen LogP contribution in [0.3, 0.4) is 0 Å². The Balaban J connectivity index is 1.72. The van der Waals surface area contributed by atoms with Gasteiger partial charge in [0.25, 0.3) is 0 Å². The molecule has 0 bridgehead atoms. The Morgan fingerprint density at radius 2 is 1.88 bits per heavy atom. The van der Waals surface area contributed by atoms with Crippen molar-refractivity contribution in [3.8, 4) is 5.75 Å². The summed E-state index contributed by atoms with van der Waals surface area (Å²) in [6.07, 6.45) is 4.23. The van der Waals surface area contributed by atoms with E-state index in [1.165, 1.54) is 18.2 Å². The van der Waals surface area contributed by atoms with Gasteiger partial charge in [-0.3, -0.25) is 9.78 Å². The Morgan fingerprint density at radius 3 is 2.72 bits per heavy atom. The number of aromatic nitrogens is 1. The molecule has 3 aromatic rings. The van der Waals surface area contributed by atoms with Crippen LogP contribution in [0.1, 0.15) is 5.56 Å². The average molecular weight is 340 g/mol. The van der Waals surface area contributed by atoms with E-state index in [1.807, 2.05) is 30.3 Å². The number of hydrogen-bond acceptors (Lipinski definition) is 3. The summed E-state index contributed by atoms with van der Waals surface area (Å²) in [6.45, 7) is -2.92. The highest BCUT2D eigenvalue weighted by Crippen LogP contribution is 2.21. The molecule has 4 nitrogen and oxygen atoms in total. The average Bonchev–Trinajstić information content (AvgIpc) is 2.60. The fraction of sp³-hybridized carbons (Fsp3) is 0.0526. The van der Waals surface area contributed by atoms with Gasteiger partial charge in [-0.2, -0.15) is 8.78 Å². The molecule has 0 radical (unpaired) electrons. The summed E-state index contributed by atoms with van der Waals surface area (Å²) in [4.78, 5) is 16.3. The molecule has 0 saturated carbocycles. The minimum atomic E-state index is -2.92. The van der Waals surface area contributed by atoms with Gasteiger partial charge in [-0.15, -0.1) is 0 Å². The van der Waals surface area contributed by atoms with Crippen molar-refractivity contribution in [1.29, 1.82) is 0 Å². The van der Waals surface area contributed by atoms with Crippen LogP contribution in [-0.2, 0) is 4.79 Å². The van der Waals surface area contributed by atoms with Gasteiger partial charge in [-0.1, -0.05) is 36.4 Å². The standard InChI is InChI=1S/C19H14F2N2O2/c20-19(21)25-17-8-4-2-5-13(17)9-10-18(24)23-15-11-14-6-1-3-7-16(14)22-12-15/h1-12,19H,(H,23,24)/b10-9+. The predicted molar refractivity (Wildman–Crippen MR) is 92.5 cm³/mol. The normalized spacial score (nSPS) is 11.2. The largest absolute Gasteiger partial charge is 0.434 e. The fourth-order valence-electron chi connectivity index (χ4n) is 2.31. The van der Waals surface area contributed by atoms with Gasteiger partial charge in [-0.05, 0) is 24.3 Å². The number of benzene rings is 2.